The Morgan fingerprint density at radius 1 is 0.558 bits per heavy atom. The lowest BCUT2D eigenvalue weighted by Gasteiger charge is -2.34. The molecule has 33 nitrogen and oxygen atoms in total. The number of amides is 12. The summed E-state index contributed by atoms with van der Waals surface area (Å²) in [5.41, 5.74) is 6.66. The van der Waals surface area contributed by atoms with Crippen LogP contribution in [-0.4, -0.2) is 238 Å². The lowest BCUT2D eigenvalue weighted by Crippen LogP contribution is -2.63. The van der Waals surface area contributed by atoms with Crippen LogP contribution in [0.5, 0.6) is 0 Å². The molecule has 2 aliphatic carbocycles. The van der Waals surface area contributed by atoms with E-state index in [0.717, 1.165) is 30.5 Å². The highest BCUT2D eigenvalue weighted by molar-refractivity contribution is 7.98. The zero-order valence-electron chi connectivity index (χ0n) is 66.3. The molecule has 4 heterocycles. The van der Waals surface area contributed by atoms with Gasteiger partial charge in [0.1, 0.15) is 72.6 Å². The van der Waals surface area contributed by atoms with Crippen molar-refractivity contribution >= 4 is 100 Å². The Morgan fingerprint density at radius 2 is 1.04 bits per heavy atom. The van der Waals surface area contributed by atoms with Crippen LogP contribution in [0, 0.1) is 29.1 Å². The van der Waals surface area contributed by atoms with Gasteiger partial charge in [-0.05, 0) is 176 Å². The highest BCUT2D eigenvalue weighted by Crippen LogP contribution is 2.34. The van der Waals surface area contributed by atoms with Crippen molar-refractivity contribution in [3.63, 3.8) is 0 Å². The number of nitrogens with one attached hydrogen (secondary N) is 15. The maximum Gasteiger partial charge on any atom is 0.303 e. The Hall–Kier alpha value is -7.32. The zero-order valence-corrected chi connectivity index (χ0v) is 67.9. The van der Waals surface area contributed by atoms with Gasteiger partial charge < -0.3 is 106 Å². The van der Waals surface area contributed by atoms with Gasteiger partial charge in [-0.15, -0.1) is 0 Å². The molecule has 17 atom stereocenters. The number of rotatable bonds is 18. The molecule has 12 amide bonds. The van der Waals surface area contributed by atoms with Crippen molar-refractivity contribution in [1.82, 2.24) is 79.8 Å². The van der Waals surface area contributed by atoms with Crippen LogP contribution >= 0.6 is 23.5 Å². The van der Waals surface area contributed by atoms with Gasteiger partial charge in [0.05, 0.1) is 24.5 Å². The first kappa shape index (κ1) is 92.8. The molecule has 5 fully saturated rings. The average Bonchev–Trinajstić information content (AvgIpc) is 1.75. The number of carbonyl (C=O) groups excluding carboxylic acids is 12. The molecule has 1 aromatic carbocycles. The third-order valence-electron chi connectivity index (χ3n) is 22.1. The fourth-order valence-corrected chi connectivity index (χ4v) is 17.5. The number of fused-ring (bicyclic) bond motifs is 3. The number of piperidine rings is 1. The Labute approximate surface area is 670 Å². The summed E-state index contributed by atoms with van der Waals surface area (Å²) >= 11 is 2.73. The highest BCUT2D eigenvalue weighted by Gasteiger charge is 2.44. The summed E-state index contributed by atoms with van der Waals surface area (Å²) in [5, 5.41) is 86.1. The van der Waals surface area contributed by atoms with Gasteiger partial charge in [-0.1, -0.05) is 71.7 Å². The maximum absolute atomic E-state index is 15.1. The third-order valence-corrected chi connectivity index (χ3v) is 24.3. The standard InChI is InChI=1S/C77H125FN16O17S2/c1-8-12-52-67(102)86-54(25-26-61(99)100)68(103)87-55(31-43-17-21-48(78)22-18-43)70(105)85-53(13-9-2)69(104)93-63(42(4)96)75(110)91-59(65(79)101)39-113-38-46-15-10-14-45(30-46)37-112-29-27-60(98)92-64(77(5,6)7)76(111)90-56(32-44-19-23-50(97)24-20-44)71(106)88-58(34-49-36-80-40-83-49)73(108)94-62(41(3)95)74(109)89-57(72(107)84-52)33-47-35-82-66-51(47)16-11-28-81-66/h10,14-15,30,41-44,47-59,62-64,66,80-83,95-97H,8-9,11-13,16-29,31-40H2,1-7H3,(H2,79,101)(H,84,107)(H,85,105)(H,86,102)(H,87,103)(H,88,106)(H,89,109)(H,90,111)(H,91,110)(H,92,98)(H,93,104)(H,94,108)(H,99,100)/t41-,42-,43?,44?,47?,48?,49?,50?,51?,52+,53+,54+,55+,56+,57+,58+,59+,62+,63+,64-,66?/m1/s1. The summed E-state index contributed by atoms with van der Waals surface area (Å²) in [6, 6.07) is -9.06. The average molecular weight is 1630 g/mol. The van der Waals surface area contributed by atoms with Gasteiger partial charge in [-0.25, -0.2) is 4.39 Å². The van der Waals surface area contributed by atoms with E-state index in [1.807, 2.05) is 24.3 Å². The number of aliphatic hydroxyl groups excluding tert-OH is 3. The van der Waals surface area contributed by atoms with Crippen LogP contribution in [0.4, 0.5) is 4.39 Å². The minimum absolute atomic E-state index is 0.00438. The van der Waals surface area contributed by atoms with Crippen LogP contribution in [0.15, 0.2) is 24.3 Å². The topological polar surface area (TPSA) is 509 Å². The summed E-state index contributed by atoms with van der Waals surface area (Å²) in [6.07, 6.45) is -1.50. The molecular weight excluding hydrogens is 1500 g/mol. The van der Waals surface area contributed by atoms with Gasteiger partial charge in [0, 0.05) is 55.1 Å². The molecule has 4 aliphatic heterocycles. The molecule has 113 heavy (non-hydrogen) atoms. The summed E-state index contributed by atoms with van der Waals surface area (Å²) in [4.78, 5) is 187. The second-order valence-corrected chi connectivity index (χ2v) is 34.7. The molecule has 0 spiro atoms. The number of nitrogens with two attached hydrogens (primary N) is 1. The van der Waals surface area contributed by atoms with Gasteiger partial charge in [0.15, 0.2) is 0 Å². The first-order chi connectivity index (χ1) is 53.7. The Morgan fingerprint density at radius 3 is 1.56 bits per heavy atom. The van der Waals surface area contributed by atoms with Crippen molar-refractivity contribution in [2.45, 2.75) is 298 Å². The van der Waals surface area contributed by atoms with Crippen molar-refractivity contribution < 1.29 is 87.1 Å². The number of benzene rings is 1. The minimum Gasteiger partial charge on any atom is -0.481 e. The van der Waals surface area contributed by atoms with Gasteiger partial charge in [-0.3, -0.25) is 62.3 Å². The SMILES string of the molecule is CCC[C@@H]1NC(=O)[C@H](CC2CNC3NCCCC23)NC(=O)[C@H]([C@@H](C)O)NC(=O)[C@H](CC2CNCN2)NC(=O)[C@H](CC2CCC(O)CC2)NC(=O)[C@H](C(C)(C)C)NC(=O)CCSCc2cccc(c2)CSC[C@@H](C(N)=O)NC(=O)[C@H]([C@@H](C)O)NC(=O)[C@H](CCC)NC(=O)[C@H](CC2CCC(F)CC2)NC(=O)[C@H](CCC(=O)O)NC1=O. The van der Waals surface area contributed by atoms with Crippen molar-refractivity contribution in [3.05, 3.63) is 35.4 Å². The lowest BCUT2D eigenvalue weighted by atomic mass is 9.82. The Bertz CT molecular complexity index is 3380. The quantitative estimate of drug-likeness (QED) is 0.0868. The molecule has 7 rings (SSSR count). The highest BCUT2D eigenvalue weighted by atomic mass is 32.2. The van der Waals surface area contributed by atoms with Gasteiger partial charge in [0.2, 0.25) is 70.9 Å². The van der Waals surface area contributed by atoms with Crippen LogP contribution in [0.3, 0.4) is 0 Å². The summed E-state index contributed by atoms with van der Waals surface area (Å²) in [5.74, 6) is -11.4. The lowest BCUT2D eigenvalue weighted by molar-refractivity contribution is -0.139. The molecule has 36 heteroatoms. The number of halogens is 1. The second-order valence-electron chi connectivity index (χ2n) is 32.5. The first-order valence-corrected chi connectivity index (χ1v) is 42.7. The van der Waals surface area contributed by atoms with Crippen LogP contribution < -0.4 is 85.5 Å². The van der Waals surface area contributed by atoms with Crippen molar-refractivity contribution in [2.75, 3.05) is 37.8 Å². The second kappa shape index (κ2) is 45.8. The monoisotopic (exact) mass is 1630 g/mol. The number of carboxylic acid groups (broad SMARTS) is 1. The van der Waals surface area contributed by atoms with Crippen molar-refractivity contribution in [2.24, 2.45) is 34.8 Å². The zero-order chi connectivity index (χ0) is 82.6. The number of alkyl halides is 1. The molecule has 21 N–H and O–H groups in total. The first-order valence-electron chi connectivity index (χ1n) is 40.4. The predicted molar refractivity (Wildman–Crippen MR) is 422 cm³/mol. The number of primary amides is 1. The van der Waals surface area contributed by atoms with Gasteiger partial charge >= 0.3 is 5.97 Å². The minimum atomic E-state index is -1.78. The van der Waals surface area contributed by atoms with E-state index < -0.39 is 192 Å². The summed E-state index contributed by atoms with van der Waals surface area (Å²) in [6.45, 7) is 13.0. The number of hydrogen-bond acceptors (Lipinski definition) is 22. The third kappa shape index (κ3) is 30.0. The molecular formula is C77H125FN16O17S2. The van der Waals surface area contributed by atoms with E-state index in [2.05, 4.69) is 79.8 Å². The number of carboxylic acids is 1. The molecule has 2 bridgehead atoms. The van der Waals surface area contributed by atoms with E-state index in [0.29, 0.717) is 75.5 Å². The van der Waals surface area contributed by atoms with Crippen LogP contribution in [0.25, 0.3) is 0 Å². The molecule has 2 saturated carbocycles. The number of aliphatic carboxylic acids is 1. The van der Waals surface area contributed by atoms with E-state index >= 15 is 14.4 Å². The van der Waals surface area contributed by atoms with Crippen LogP contribution in [-0.2, 0) is 73.8 Å². The number of carbonyl (C=O) groups is 13. The molecule has 4 unspecified atom stereocenters. The molecule has 3 saturated heterocycles. The molecule has 0 aromatic heterocycles. The van der Waals surface area contributed by atoms with Gasteiger partial charge in [0.25, 0.3) is 0 Å². The Balaban J connectivity index is 1.23. The predicted octanol–water partition coefficient (Wildman–Crippen LogP) is -0.649. The normalized spacial score (nSPS) is 32.5. The maximum atomic E-state index is 15.1. The largest absolute Gasteiger partial charge is 0.481 e. The van der Waals surface area contributed by atoms with E-state index in [-0.39, 0.29) is 106 Å². The fourth-order valence-electron chi connectivity index (χ4n) is 15.6. The van der Waals surface area contributed by atoms with E-state index in [9.17, 15) is 72.8 Å². The Kier molecular flexibility index (Phi) is 37.7. The summed E-state index contributed by atoms with van der Waals surface area (Å²) in [7, 11) is 0. The van der Waals surface area contributed by atoms with Crippen molar-refractivity contribution in [1.29, 1.82) is 0 Å². The molecule has 6 aliphatic rings. The van der Waals surface area contributed by atoms with E-state index in [1.54, 1.807) is 34.6 Å². The number of aliphatic hydroxyl groups is 3. The van der Waals surface area contributed by atoms with Crippen molar-refractivity contribution in [3.8, 4) is 0 Å². The summed E-state index contributed by atoms with van der Waals surface area (Å²) < 4.78 is 14.6. The molecule has 1 aromatic rings. The molecule has 634 valence electrons. The molecule has 0 radical (unpaired) electrons. The van der Waals surface area contributed by atoms with E-state index in [4.69, 9.17) is 5.73 Å². The van der Waals surface area contributed by atoms with E-state index in [1.165, 1.54) is 37.4 Å². The van der Waals surface area contributed by atoms with Crippen LogP contribution in [0.1, 0.15) is 194 Å². The number of thioether (sulfide) groups is 2. The smallest absolute Gasteiger partial charge is 0.303 e. The van der Waals surface area contributed by atoms with Crippen LogP contribution in [0.2, 0.25) is 0 Å². The number of hydrogen-bond donors (Lipinski definition) is 20. The van der Waals surface area contributed by atoms with Gasteiger partial charge in [-0.2, -0.15) is 23.5 Å². The fraction of sp³-hybridized carbons (Fsp3) is 0.753.